The van der Waals surface area contributed by atoms with E-state index in [0.717, 1.165) is 17.6 Å². The number of rotatable bonds is 5. The first-order valence-electron chi connectivity index (χ1n) is 8.63. The molecule has 3 aromatic rings. The zero-order valence-electron chi connectivity index (χ0n) is 16.5. The molecule has 1 amide bonds. The van der Waals surface area contributed by atoms with Gasteiger partial charge in [-0.1, -0.05) is 29.3 Å². The number of benzene rings is 1. The van der Waals surface area contributed by atoms with Crippen LogP contribution in [-0.2, 0) is 14.6 Å². The van der Waals surface area contributed by atoms with Crippen LogP contribution in [0.2, 0.25) is 10.0 Å². The van der Waals surface area contributed by atoms with E-state index >= 15 is 0 Å². The summed E-state index contributed by atoms with van der Waals surface area (Å²) in [5.41, 5.74) is 2.70. The van der Waals surface area contributed by atoms with Gasteiger partial charge in [-0.15, -0.1) is 0 Å². The second kappa shape index (κ2) is 8.80. The number of aromatic nitrogens is 3. The van der Waals surface area contributed by atoms with Gasteiger partial charge in [0.2, 0.25) is 15.0 Å². The Kier molecular flexibility index (Phi) is 6.52. The van der Waals surface area contributed by atoms with Crippen LogP contribution in [0, 0.1) is 25.2 Å². The van der Waals surface area contributed by atoms with Crippen LogP contribution in [-0.4, -0.2) is 34.5 Å². The molecule has 0 saturated carbocycles. The second-order valence-corrected chi connectivity index (χ2v) is 9.96. The van der Waals surface area contributed by atoms with Gasteiger partial charge in [-0.25, -0.2) is 8.42 Å². The van der Waals surface area contributed by atoms with E-state index in [1.54, 1.807) is 12.1 Å². The summed E-state index contributed by atoms with van der Waals surface area (Å²) in [6.45, 7) is 3.69. The van der Waals surface area contributed by atoms with Gasteiger partial charge < -0.3 is 4.57 Å². The van der Waals surface area contributed by atoms with Crippen molar-refractivity contribution >= 4 is 61.7 Å². The van der Waals surface area contributed by atoms with E-state index in [-0.39, 0.29) is 10.7 Å². The molecule has 0 unspecified atom stereocenters. The number of carbonyl (C=O) groups is 1. The normalized spacial score (nSPS) is 11.9. The summed E-state index contributed by atoms with van der Waals surface area (Å²) in [6, 6.07) is 8.94. The van der Waals surface area contributed by atoms with Crippen LogP contribution in [0.3, 0.4) is 0 Å². The van der Waals surface area contributed by atoms with Gasteiger partial charge in [0.15, 0.2) is 0 Å². The van der Waals surface area contributed by atoms with Crippen molar-refractivity contribution in [3.63, 3.8) is 0 Å². The van der Waals surface area contributed by atoms with Crippen molar-refractivity contribution in [3.8, 4) is 11.8 Å². The molecular formula is C19H15Cl2N5O3S2. The highest BCUT2D eigenvalue weighted by Crippen LogP contribution is 2.32. The fourth-order valence-corrected chi connectivity index (χ4v) is 4.67. The van der Waals surface area contributed by atoms with Gasteiger partial charge in [-0.05, 0) is 43.7 Å². The molecule has 0 radical (unpaired) electrons. The molecule has 0 bridgehead atoms. The quantitative estimate of drug-likeness (QED) is 0.418. The van der Waals surface area contributed by atoms with Crippen LogP contribution in [0.4, 0.5) is 5.13 Å². The molecule has 0 atom stereocenters. The van der Waals surface area contributed by atoms with Crippen LogP contribution in [0.15, 0.2) is 35.0 Å². The zero-order valence-corrected chi connectivity index (χ0v) is 19.6. The van der Waals surface area contributed by atoms with Crippen molar-refractivity contribution in [2.45, 2.75) is 19.0 Å². The lowest BCUT2D eigenvalue weighted by atomic mass is 10.1. The maximum absolute atomic E-state index is 12.5. The molecular weight excluding hydrogens is 481 g/mol. The van der Waals surface area contributed by atoms with Crippen molar-refractivity contribution in [1.29, 1.82) is 5.26 Å². The standard InChI is InChI=1S/C19H15Cl2N5O3S2/c1-10-7-12(11(2)26(10)15-6-4-5-14(20)16(15)21)8-13(9-22)17(27)23-18-24-19(25-30-18)31(3,28)29/h4-8H,1-3H3,(H,23,24,25,27)/b13-8-. The van der Waals surface area contributed by atoms with Gasteiger partial charge in [0.1, 0.15) is 11.6 Å². The smallest absolute Gasteiger partial charge is 0.268 e. The summed E-state index contributed by atoms with van der Waals surface area (Å²) in [6.07, 6.45) is 2.40. The third-order valence-corrected chi connectivity index (χ3v) is 6.67. The largest absolute Gasteiger partial charge is 0.316 e. The molecule has 160 valence electrons. The monoisotopic (exact) mass is 495 g/mol. The van der Waals surface area contributed by atoms with Crippen molar-refractivity contribution in [1.82, 2.24) is 13.9 Å². The van der Waals surface area contributed by atoms with Gasteiger partial charge in [0.25, 0.3) is 11.1 Å². The molecule has 2 aromatic heterocycles. The van der Waals surface area contributed by atoms with E-state index < -0.39 is 20.9 Å². The SMILES string of the molecule is Cc1cc(/C=C(/C#N)C(=O)Nc2nc(S(C)(=O)=O)ns2)c(C)n1-c1cccc(Cl)c1Cl. The maximum Gasteiger partial charge on any atom is 0.268 e. The number of hydrogen-bond donors (Lipinski definition) is 1. The van der Waals surface area contributed by atoms with E-state index in [0.29, 0.717) is 32.8 Å². The number of amides is 1. The number of nitrogens with zero attached hydrogens (tertiary/aromatic N) is 4. The van der Waals surface area contributed by atoms with Gasteiger partial charge in [0.05, 0.1) is 15.7 Å². The van der Waals surface area contributed by atoms with Crippen molar-refractivity contribution in [3.05, 3.63) is 56.8 Å². The highest BCUT2D eigenvalue weighted by Gasteiger charge is 2.19. The zero-order chi connectivity index (χ0) is 22.9. The molecule has 0 spiro atoms. The Balaban J connectivity index is 1.94. The van der Waals surface area contributed by atoms with E-state index in [2.05, 4.69) is 14.7 Å². The van der Waals surface area contributed by atoms with Gasteiger partial charge >= 0.3 is 0 Å². The second-order valence-electron chi connectivity index (χ2n) is 6.51. The molecule has 0 aliphatic rings. The van der Waals surface area contributed by atoms with Crippen molar-refractivity contribution < 1.29 is 13.2 Å². The third kappa shape index (κ3) is 4.80. The van der Waals surface area contributed by atoms with Crippen LogP contribution in [0.1, 0.15) is 17.0 Å². The Morgan fingerprint density at radius 2 is 2.03 bits per heavy atom. The minimum Gasteiger partial charge on any atom is -0.316 e. The molecule has 2 heterocycles. The molecule has 8 nitrogen and oxygen atoms in total. The minimum atomic E-state index is -3.60. The molecule has 31 heavy (non-hydrogen) atoms. The highest BCUT2D eigenvalue weighted by atomic mass is 35.5. The van der Waals surface area contributed by atoms with E-state index in [1.165, 1.54) is 6.08 Å². The number of nitriles is 1. The van der Waals surface area contributed by atoms with Crippen molar-refractivity contribution in [2.75, 3.05) is 11.6 Å². The fraction of sp³-hybridized carbons (Fsp3) is 0.158. The minimum absolute atomic E-state index is 0.0252. The van der Waals surface area contributed by atoms with Gasteiger partial charge in [0, 0.05) is 29.2 Å². The van der Waals surface area contributed by atoms with Crippen molar-refractivity contribution in [2.24, 2.45) is 0 Å². The summed E-state index contributed by atoms with van der Waals surface area (Å²) in [4.78, 5) is 16.3. The molecule has 1 N–H and O–H groups in total. The van der Waals surface area contributed by atoms with Gasteiger partial charge in [-0.3, -0.25) is 10.1 Å². The Morgan fingerprint density at radius 3 is 2.65 bits per heavy atom. The summed E-state index contributed by atoms with van der Waals surface area (Å²) < 4.78 is 28.5. The average Bonchev–Trinajstić information content (AvgIpc) is 3.27. The number of sulfone groups is 1. The van der Waals surface area contributed by atoms with Crippen LogP contribution < -0.4 is 5.32 Å². The van der Waals surface area contributed by atoms with Crippen LogP contribution >= 0.6 is 34.7 Å². The summed E-state index contributed by atoms with van der Waals surface area (Å²) >= 11 is 13.2. The topological polar surface area (TPSA) is 118 Å². The third-order valence-electron chi connectivity index (χ3n) is 4.27. The molecule has 3 rings (SSSR count). The molecule has 1 aromatic carbocycles. The lowest BCUT2D eigenvalue weighted by Gasteiger charge is -2.12. The Bertz CT molecular complexity index is 1370. The Morgan fingerprint density at radius 1 is 1.32 bits per heavy atom. The lowest BCUT2D eigenvalue weighted by Crippen LogP contribution is -2.13. The van der Waals surface area contributed by atoms with E-state index in [1.807, 2.05) is 36.6 Å². The first kappa shape index (κ1) is 23.0. The molecule has 0 saturated heterocycles. The predicted octanol–water partition coefficient (Wildman–Crippen LogP) is 4.20. The first-order valence-corrected chi connectivity index (χ1v) is 12.0. The Hall–Kier alpha value is -2.71. The highest BCUT2D eigenvalue weighted by molar-refractivity contribution is 7.90. The van der Waals surface area contributed by atoms with E-state index in [4.69, 9.17) is 23.2 Å². The van der Waals surface area contributed by atoms with E-state index in [9.17, 15) is 18.5 Å². The number of anilines is 1. The molecule has 0 aliphatic heterocycles. The van der Waals surface area contributed by atoms with Gasteiger partial charge in [-0.2, -0.15) is 14.6 Å². The number of halogens is 2. The van der Waals surface area contributed by atoms with Crippen LogP contribution in [0.5, 0.6) is 0 Å². The first-order chi connectivity index (χ1) is 14.5. The molecule has 0 fully saturated rings. The summed E-state index contributed by atoms with van der Waals surface area (Å²) in [7, 11) is -3.60. The predicted molar refractivity (Wildman–Crippen MR) is 121 cm³/mol. The fourth-order valence-electron chi connectivity index (χ4n) is 2.85. The Labute approximate surface area is 192 Å². The number of hydrogen-bond acceptors (Lipinski definition) is 7. The summed E-state index contributed by atoms with van der Waals surface area (Å²) in [5.74, 6) is -0.732. The molecule has 0 aliphatic carbocycles. The number of aryl methyl sites for hydroxylation is 1. The van der Waals surface area contributed by atoms with Crippen LogP contribution in [0.25, 0.3) is 11.8 Å². The summed E-state index contributed by atoms with van der Waals surface area (Å²) in [5, 5.41) is 12.3. The number of nitrogens with one attached hydrogen (secondary N) is 1. The number of carbonyl (C=O) groups excluding carboxylic acids is 1. The molecule has 12 heteroatoms. The lowest BCUT2D eigenvalue weighted by molar-refractivity contribution is -0.112. The maximum atomic E-state index is 12.5. The average molecular weight is 496 g/mol.